The summed E-state index contributed by atoms with van der Waals surface area (Å²) in [5, 5.41) is 1.88. The van der Waals surface area contributed by atoms with E-state index >= 15 is 0 Å². The van der Waals surface area contributed by atoms with Gasteiger partial charge in [-0.1, -0.05) is 49.4 Å². The molecule has 0 aliphatic carbocycles. The maximum absolute atomic E-state index is 12.7. The van der Waals surface area contributed by atoms with Crippen molar-refractivity contribution in [2.75, 3.05) is 32.9 Å². The lowest BCUT2D eigenvalue weighted by molar-refractivity contribution is -0.150. The number of para-hydroxylation sites is 2. The SMILES string of the molecule is CCC(=O)n1c2ccccc2c2c(OCC3CN(CCOc4ccccc4C)C(=O)CO3)cccc21. The predicted molar refractivity (Wildman–Crippen MR) is 139 cm³/mol. The Hall–Kier alpha value is -3.84. The van der Waals surface area contributed by atoms with Crippen LogP contribution in [0, 0.1) is 6.92 Å². The van der Waals surface area contributed by atoms with E-state index in [-0.39, 0.29) is 24.5 Å². The summed E-state index contributed by atoms with van der Waals surface area (Å²) in [6.07, 6.45) is 0.147. The normalized spacial score (nSPS) is 16.0. The monoisotopic (exact) mass is 486 g/mol. The van der Waals surface area contributed by atoms with Crippen LogP contribution >= 0.6 is 0 Å². The van der Waals surface area contributed by atoms with Crippen molar-refractivity contribution in [3.05, 3.63) is 72.3 Å². The molecule has 2 heterocycles. The van der Waals surface area contributed by atoms with Crippen LogP contribution in [0.25, 0.3) is 21.8 Å². The van der Waals surface area contributed by atoms with Crippen molar-refractivity contribution in [2.24, 2.45) is 0 Å². The number of hydrogen-bond acceptors (Lipinski definition) is 5. The molecule has 3 aromatic carbocycles. The molecule has 1 unspecified atom stereocenters. The Balaban J connectivity index is 1.29. The van der Waals surface area contributed by atoms with Crippen molar-refractivity contribution >= 4 is 33.6 Å². The minimum Gasteiger partial charge on any atom is -0.491 e. The average molecular weight is 487 g/mol. The minimum atomic E-state index is -0.262. The third-order valence-corrected chi connectivity index (χ3v) is 6.57. The van der Waals surface area contributed by atoms with Crippen LogP contribution in [-0.2, 0) is 9.53 Å². The standard InChI is InChI=1S/C29H30N2O5/c1-3-27(32)31-23-11-6-5-10-22(23)29-24(31)12-8-14-26(29)36-18-21-17-30(28(33)19-35-21)15-16-34-25-13-7-4-9-20(25)2/h4-14,21H,3,15-19H2,1-2H3. The zero-order valence-electron chi connectivity index (χ0n) is 20.6. The summed E-state index contributed by atoms with van der Waals surface area (Å²) in [5.41, 5.74) is 2.76. The van der Waals surface area contributed by atoms with E-state index in [1.165, 1.54) is 0 Å². The largest absolute Gasteiger partial charge is 0.491 e. The number of carbonyl (C=O) groups excluding carboxylic acids is 2. The first-order chi connectivity index (χ1) is 17.6. The van der Waals surface area contributed by atoms with Gasteiger partial charge in [-0.2, -0.15) is 0 Å². The topological polar surface area (TPSA) is 70.0 Å². The number of rotatable bonds is 8. The second kappa shape index (κ2) is 10.4. The summed E-state index contributed by atoms with van der Waals surface area (Å²) in [4.78, 5) is 26.9. The molecule has 1 aliphatic rings. The molecule has 1 amide bonds. The highest BCUT2D eigenvalue weighted by molar-refractivity contribution is 6.15. The lowest BCUT2D eigenvalue weighted by Gasteiger charge is -2.32. The maximum Gasteiger partial charge on any atom is 0.248 e. The second-order valence-electron chi connectivity index (χ2n) is 8.95. The van der Waals surface area contributed by atoms with Crippen LogP contribution in [-0.4, -0.2) is 60.3 Å². The Labute approximate surface area is 210 Å². The zero-order valence-corrected chi connectivity index (χ0v) is 20.6. The first kappa shape index (κ1) is 23.9. The molecule has 0 N–H and O–H groups in total. The van der Waals surface area contributed by atoms with Crippen molar-refractivity contribution < 1.29 is 23.8 Å². The maximum atomic E-state index is 12.7. The first-order valence-corrected chi connectivity index (χ1v) is 12.3. The van der Waals surface area contributed by atoms with Gasteiger partial charge in [0.2, 0.25) is 11.8 Å². The highest BCUT2D eigenvalue weighted by Crippen LogP contribution is 2.36. The summed E-state index contributed by atoms with van der Waals surface area (Å²) in [5.74, 6) is 1.51. The van der Waals surface area contributed by atoms with Crippen LogP contribution in [0.4, 0.5) is 0 Å². The fraction of sp³-hybridized carbons (Fsp3) is 0.310. The second-order valence-corrected chi connectivity index (χ2v) is 8.95. The highest BCUT2D eigenvalue weighted by atomic mass is 16.5. The van der Waals surface area contributed by atoms with Gasteiger partial charge in [0.15, 0.2) is 0 Å². The van der Waals surface area contributed by atoms with E-state index in [9.17, 15) is 9.59 Å². The van der Waals surface area contributed by atoms with E-state index in [0.29, 0.717) is 38.5 Å². The number of aromatic nitrogens is 1. The van der Waals surface area contributed by atoms with Crippen LogP contribution in [0.15, 0.2) is 66.7 Å². The number of amides is 1. The Bertz CT molecular complexity index is 1410. The smallest absolute Gasteiger partial charge is 0.248 e. The molecule has 0 bridgehead atoms. The van der Waals surface area contributed by atoms with Gasteiger partial charge in [0.05, 0.1) is 29.5 Å². The fourth-order valence-electron chi connectivity index (χ4n) is 4.70. The molecular weight excluding hydrogens is 456 g/mol. The molecule has 1 fully saturated rings. The van der Waals surface area contributed by atoms with Crippen LogP contribution in [0.1, 0.15) is 23.7 Å². The number of fused-ring (bicyclic) bond motifs is 3. The molecule has 4 aromatic rings. The molecule has 1 saturated heterocycles. The molecule has 7 heteroatoms. The van der Waals surface area contributed by atoms with Crippen LogP contribution in [0.5, 0.6) is 11.5 Å². The number of nitrogens with zero attached hydrogens (tertiary/aromatic N) is 2. The number of morpholine rings is 1. The number of carbonyl (C=O) groups is 2. The summed E-state index contributed by atoms with van der Waals surface area (Å²) in [6, 6.07) is 21.5. The van der Waals surface area contributed by atoms with Gasteiger partial charge in [-0.25, -0.2) is 0 Å². The van der Waals surface area contributed by atoms with Crippen LogP contribution in [0.3, 0.4) is 0 Å². The van der Waals surface area contributed by atoms with E-state index in [1.54, 1.807) is 9.47 Å². The third kappa shape index (κ3) is 4.66. The van der Waals surface area contributed by atoms with E-state index < -0.39 is 0 Å². The molecule has 0 saturated carbocycles. The summed E-state index contributed by atoms with van der Waals surface area (Å²) >= 11 is 0. The molecule has 36 heavy (non-hydrogen) atoms. The van der Waals surface area contributed by atoms with Crippen molar-refractivity contribution in [1.82, 2.24) is 9.47 Å². The third-order valence-electron chi connectivity index (χ3n) is 6.57. The minimum absolute atomic E-state index is 0.0207. The molecule has 0 radical (unpaired) electrons. The van der Waals surface area contributed by atoms with E-state index in [1.807, 2.05) is 80.6 Å². The fourth-order valence-corrected chi connectivity index (χ4v) is 4.70. The summed E-state index contributed by atoms with van der Waals surface area (Å²) < 4.78 is 19.7. The molecule has 5 rings (SSSR count). The van der Waals surface area contributed by atoms with E-state index in [4.69, 9.17) is 14.2 Å². The van der Waals surface area contributed by atoms with Crippen LogP contribution < -0.4 is 9.47 Å². The molecule has 1 aromatic heterocycles. The van der Waals surface area contributed by atoms with Crippen molar-refractivity contribution in [2.45, 2.75) is 26.4 Å². The molecule has 7 nitrogen and oxygen atoms in total. The van der Waals surface area contributed by atoms with Gasteiger partial charge in [0.25, 0.3) is 0 Å². The highest BCUT2D eigenvalue weighted by Gasteiger charge is 2.27. The summed E-state index contributed by atoms with van der Waals surface area (Å²) in [7, 11) is 0. The van der Waals surface area contributed by atoms with Gasteiger partial charge in [-0.3, -0.25) is 14.2 Å². The first-order valence-electron chi connectivity index (χ1n) is 12.3. The Kier molecular flexibility index (Phi) is 6.91. The Morgan fingerprint density at radius 3 is 2.56 bits per heavy atom. The van der Waals surface area contributed by atoms with Gasteiger partial charge in [0.1, 0.15) is 37.4 Å². The Morgan fingerprint density at radius 1 is 0.972 bits per heavy atom. The molecule has 1 atom stereocenters. The van der Waals surface area contributed by atoms with Crippen molar-refractivity contribution in [1.29, 1.82) is 0 Å². The van der Waals surface area contributed by atoms with Gasteiger partial charge in [-0.05, 0) is 36.8 Å². The molecular formula is C29H30N2O5. The van der Waals surface area contributed by atoms with Gasteiger partial charge in [0, 0.05) is 11.8 Å². The van der Waals surface area contributed by atoms with Gasteiger partial charge < -0.3 is 19.1 Å². The predicted octanol–water partition coefficient (Wildman–Crippen LogP) is 4.84. The van der Waals surface area contributed by atoms with Gasteiger partial charge in [-0.15, -0.1) is 0 Å². The van der Waals surface area contributed by atoms with Crippen molar-refractivity contribution in [3.8, 4) is 11.5 Å². The van der Waals surface area contributed by atoms with Gasteiger partial charge >= 0.3 is 0 Å². The average Bonchev–Trinajstić information content (AvgIpc) is 3.24. The lowest BCUT2D eigenvalue weighted by Crippen LogP contribution is -2.49. The van der Waals surface area contributed by atoms with Crippen molar-refractivity contribution in [3.63, 3.8) is 0 Å². The number of ether oxygens (including phenoxy) is 3. The Morgan fingerprint density at radius 2 is 1.72 bits per heavy atom. The zero-order chi connectivity index (χ0) is 25.1. The summed E-state index contributed by atoms with van der Waals surface area (Å²) in [6.45, 7) is 5.50. The number of benzene rings is 3. The molecule has 186 valence electrons. The number of hydrogen-bond donors (Lipinski definition) is 0. The lowest BCUT2D eigenvalue weighted by atomic mass is 10.1. The number of aryl methyl sites for hydroxylation is 1. The molecule has 1 aliphatic heterocycles. The van der Waals surface area contributed by atoms with Crippen LogP contribution in [0.2, 0.25) is 0 Å². The molecule has 0 spiro atoms. The van der Waals surface area contributed by atoms with E-state index in [2.05, 4.69) is 0 Å². The van der Waals surface area contributed by atoms with E-state index in [0.717, 1.165) is 33.1 Å². The quantitative estimate of drug-likeness (QED) is 0.357.